The Morgan fingerprint density at radius 2 is 2.00 bits per heavy atom. The number of rotatable bonds is 2. The second-order valence-electron chi connectivity index (χ2n) is 3.07. The Hall–Kier alpha value is -0.200. The Labute approximate surface area is 70.2 Å². The fraction of sp³-hybridized carbons (Fsp3) is 0.857. The summed E-state index contributed by atoms with van der Waals surface area (Å²) in [4.78, 5) is 0. The minimum atomic E-state index is -1.77. The Bertz CT molecular complexity index is 155. The largest absolute Gasteiger partial charge is 0.393 e. The molecular weight excluding hydrogens is 164 g/mol. The van der Waals surface area contributed by atoms with Gasteiger partial charge in [-0.15, -0.1) is 0 Å². The Balaban J connectivity index is 2.79. The molecule has 1 aliphatic heterocycles. The van der Waals surface area contributed by atoms with Crippen LogP contribution >= 0.6 is 0 Å². The summed E-state index contributed by atoms with van der Waals surface area (Å²) < 4.78 is 4.78. The summed E-state index contributed by atoms with van der Waals surface area (Å²) >= 11 is 0. The first-order valence-corrected chi connectivity index (χ1v) is 3.53. The van der Waals surface area contributed by atoms with E-state index in [4.69, 9.17) is 21.9 Å². The molecule has 0 amide bonds. The van der Waals surface area contributed by atoms with Gasteiger partial charge in [0.15, 0.2) is 0 Å². The number of hydrogen-bond donors (Lipinski definition) is 4. The van der Waals surface area contributed by atoms with Crippen LogP contribution in [0.15, 0.2) is 0 Å². The van der Waals surface area contributed by atoms with E-state index in [1.54, 1.807) is 0 Å². The van der Waals surface area contributed by atoms with E-state index in [1.165, 1.54) is 0 Å². The fourth-order valence-corrected chi connectivity index (χ4v) is 1.14. The average Bonchev–Trinajstić information content (AvgIpc) is 2.32. The molecule has 5 heteroatoms. The number of hydrogen-bond acceptors (Lipinski definition) is 5. The molecule has 0 aromatic heterocycles. The van der Waals surface area contributed by atoms with Crippen LogP contribution in [0.25, 0.3) is 0 Å². The minimum Gasteiger partial charge on any atom is -0.393 e. The molecule has 0 bridgehead atoms. The highest BCUT2D eigenvalue weighted by atomic mass is 16.6. The summed E-state index contributed by atoms with van der Waals surface area (Å²) in [5.74, 6) is 0. The van der Waals surface area contributed by atoms with Crippen molar-refractivity contribution >= 4 is 0 Å². The van der Waals surface area contributed by atoms with Crippen LogP contribution in [0.2, 0.25) is 0 Å². The molecule has 5 nitrogen and oxygen atoms in total. The van der Waals surface area contributed by atoms with Crippen molar-refractivity contribution < 1.29 is 25.2 Å². The van der Waals surface area contributed by atoms with Gasteiger partial charge in [0.1, 0.15) is 17.3 Å². The SMILES string of the molecule is [CH][C@]1(CO)OC[C@](O)(CO)C1O. The molecule has 0 saturated carbocycles. The van der Waals surface area contributed by atoms with Crippen molar-refractivity contribution in [3.05, 3.63) is 6.92 Å². The molecule has 1 rings (SSSR count). The summed E-state index contributed by atoms with van der Waals surface area (Å²) in [6.45, 7) is 3.80. The zero-order chi connectivity index (χ0) is 9.41. The molecule has 0 aliphatic carbocycles. The van der Waals surface area contributed by atoms with Crippen LogP contribution in [0.5, 0.6) is 0 Å². The molecule has 1 fully saturated rings. The average molecular weight is 176 g/mol. The normalized spacial score (nSPS) is 48.2. The second kappa shape index (κ2) is 2.93. The lowest BCUT2D eigenvalue weighted by Crippen LogP contribution is -2.52. The van der Waals surface area contributed by atoms with Gasteiger partial charge in [-0.2, -0.15) is 0 Å². The van der Waals surface area contributed by atoms with Crippen molar-refractivity contribution in [2.45, 2.75) is 17.3 Å². The van der Waals surface area contributed by atoms with Gasteiger partial charge >= 0.3 is 0 Å². The molecule has 1 heterocycles. The van der Waals surface area contributed by atoms with Crippen LogP contribution in [0.3, 0.4) is 0 Å². The lowest BCUT2D eigenvalue weighted by atomic mass is 9.90. The third-order valence-corrected chi connectivity index (χ3v) is 2.08. The molecule has 0 spiro atoms. The van der Waals surface area contributed by atoms with Gasteiger partial charge in [0, 0.05) is 6.92 Å². The molecule has 0 aromatic rings. The van der Waals surface area contributed by atoms with Gasteiger partial charge in [-0.1, -0.05) is 0 Å². The van der Waals surface area contributed by atoms with E-state index in [0.717, 1.165) is 0 Å². The predicted molar refractivity (Wildman–Crippen MR) is 38.1 cm³/mol. The highest BCUT2D eigenvalue weighted by Crippen LogP contribution is 2.32. The van der Waals surface area contributed by atoms with Gasteiger partial charge in [-0.05, 0) is 0 Å². The number of ether oxygens (including phenoxy) is 1. The smallest absolute Gasteiger partial charge is 0.139 e. The summed E-state index contributed by atoms with van der Waals surface area (Å²) in [5, 5.41) is 36.2. The molecule has 1 unspecified atom stereocenters. The highest BCUT2D eigenvalue weighted by molar-refractivity contribution is 5.07. The molecule has 0 aromatic carbocycles. The van der Waals surface area contributed by atoms with Crippen molar-refractivity contribution in [2.75, 3.05) is 19.8 Å². The monoisotopic (exact) mass is 176 g/mol. The molecule has 2 radical (unpaired) electrons. The fourth-order valence-electron chi connectivity index (χ4n) is 1.14. The van der Waals surface area contributed by atoms with Crippen LogP contribution in [0, 0.1) is 6.92 Å². The number of aliphatic hydroxyl groups excluding tert-OH is 3. The minimum absolute atomic E-state index is 0.290. The summed E-state index contributed by atoms with van der Waals surface area (Å²) in [6.07, 6.45) is -1.49. The summed E-state index contributed by atoms with van der Waals surface area (Å²) in [7, 11) is 0. The molecule has 3 atom stereocenters. The predicted octanol–water partition coefficient (Wildman–Crippen LogP) is -2.46. The van der Waals surface area contributed by atoms with Crippen molar-refractivity contribution in [3.8, 4) is 0 Å². The van der Waals surface area contributed by atoms with E-state index in [-0.39, 0.29) is 6.61 Å². The first-order valence-electron chi connectivity index (χ1n) is 3.53. The Kier molecular flexibility index (Phi) is 2.42. The molecule has 4 N–H and O–H groups in total. The number of aliphatic hydroxyl groups is 4. The van der Waals surface area contributed by atoms with E-state index in [9.17, 15) is 10.2 Å². The van der Waals surface area contributed by atoms with E-state index in [2.05, 4.69) is 0 Å². The Morgan fingerprint density at radius 3 is 2.25 bits per heavy atom. The van der Waals surface area contributed by atoms with Crippen LogP contribution in [-0.2, 0) is 4.74 Å². The third kappa shape index (κ3) is 1.23. The standard InChI is InChI=1S/C7H12O5/c1-6(2-8)5(10)7(11,3-9)4-12-6/h1,5,8-11H,2-4H2/t5?,6-,7-/m1/s1. The van der Waals surface area contributed by atoms with Gasteiger partial charge < -0.3 is 25.2 Å². The van der Waals surface area contributed by atoms with Gasteiger partial charge in [-0.25, -0.2) is 0 Å². The van der Waals surface area contributed by atoms with Crippen LogP contribution in [-0.4, -0.2) is 57.6 Å². The maximum Gasteiger partial charge on any atom is 0.139 e. The highest BCUT2D eigenvalue weighted by Gasteiger charge is 2.54. The van der Waals surface area contributed by atoms with Crippen LogP contribution in [0.1, 0.15) is 0 Å². The van der Waals surface area contributed by atoms with E-state index in [1.807, 2.05) is 0 Å². The van der Waals surface area contributed by atoms with Gasteiger partial charge in [0.2, 0.25) is 0 Å². The zero-order valence-corrected chi connectivity index (χ0v) is 6.47. The topological polar surface area (TPSA) is 90.2 Å². The van der Waals surface area contributed by atoms with E-state index >= 15 is 0 Å². The second-order valence-corrected chi connectivity index (χ2v) is 3.07. The van der Waals surface area contributed by atoms with Crippen molar-refractivity contribution in [3.63, 3.8) is 0 Å². The lowest BCUT2D eigenvalue weighted by Gasteiger charge is -2.28. The molecule has 1 saturated heterocycles. The van der Waals surface area contributed by atoms with Crippen molar-refractivity contribution in [1.29, 1.82) is 0 Å². The van der Waals surface area contributed by atoms with Crippen molar-refractivity contribution in [1.82, 2.24) is 0 Å². The van der Waals surface area contributed by atoms with Gasteiger partial charge in [0.25, 0.3) is 0 Å². The van der Waals surface area contributed by atoms with Gasteiger partial charge in [0.05, 0.1) is 19.8 Å². The third-order valence-electron chi connectivity index (χ3n) is 2.08. The molecule has 1 aliphatic rings. The van der Waals surface area contributed by atoms with Crippen molar-refractivity contribution in [2.24, 2.45) is 0 Å². The van der Waals surface area contributed by atoms with Crippen LogP contribution < -0.4 is 0 Å². The maximum atomic E-state index is 9.42. The molecule has 70 valence electrons. The summed E-state index contributed by atoms with van der Waals surface area (Å²) in [6, 6.07) is 0. The first-order chi connectivity index (χ1) is 5.48. The van der Waals surface area contributed by atoms with Gasteiger partial charge in [-0.3, -0.25) is 0 Å². The lowest BCUT2D eigenvalue weighted by molar-refractivity contribution is -0.0996. The Morgan fingerprint density at radius 1 is 1.42 bits per heavy atom. The zero-order valence-electron chi connectivity index (χ0n) is 6.47. The van der Waals surface area contributed by atoms with Crippen LogP contribution in [0.4, 0.5) is 0 Å². The summed E-state index contributed by atoms with van der Waals surface area (Å²) in [5.41, 5.74) is -3.44. The van der Waals surface area contributed by atoms with E-state index in [0.29, 0.717) is 0 Å². The first kappa shape index (κ1) is 9.88. The molecular formula is C7H12O5. The quantitative estimate of drug-likeness (QED) is 0.375. The maximum absolute atomic E-state index is 9.42. The van der Waals surface area contributed by atoms with E-state index < -0.39 is 30.5 Å². The molecule has 12 heavy (non-hydrogen) atoms.